The molecule has 0 unspecified atom stereocenters. The van der Waals surface area contributed by atoms with Crippen LogP contribution >= 0.6 is 0 Å². The van der Waals surface area contributed by atoms with Gasteiger partial charge in [-0.3, -0.25) is 24.4 Å². The Balaban J connectivity index is 1.41. The van der Waals surface area contributed by atoms with Crippen molar-refractivity contribution in [3.8, 4) is 0 Å². The van der Waals surface area contributed by atoms with E-state index in [1.54, 1.807) is 13.8 Å². The van der Waals surface area contributed by atoms with Crippen molar-refractivity contribution in [3.05, 3.63) is 34.6 Å². The monoisotopic (exact) mass is 716 g/mol. The minimum atomic E-state index is -0.419. The van der Waals surface area contributed by atoms with Crippen LogP contribution in [0.1, 0.15) is 186 Å². The topological polar surface area (TPSA) is 146 Å². The molecule has 2 heterocycles. The smallest absolute Gasteiger partial charge is 0.247 e. The zero-order chi connectivity index (χ0) is 37.6. The lowest BCUT2D eigenvalue weighted by Crippen LogP contribution is -2.27. The van der Waals surface area contributed by atoms with Crippen LogP contribution in [0.4, 0.5) is 5.82 Å². The number of rotatable bonds is 26. The number of amides is 2. The summed E-state index contributed by atoms with van der Waals surface area (Å²) in [6.45, 7) is 7.83. The fraction of sp³-hybridized carbons (Fsp3) is 0.667. The van der Waals surface area contributed by atoms with Crippen molar-refractivity contribution in [3.63, 3.8) is 0 Å². The number of amidine groups is 1. The Morgan fingerprint density at radius 1 is 0.712 bits per heavy atom. The highest BCUT2D eigenvalue weighted by atomic mass is 16.3. The van der Waals surface area contributed by atoms with E-state index in [9.17, 15) is 19.5 Å². The van der Waals surface area contributed by atoms with E-state index in [1.165, 1.54) is 115 Å². The quantitative estimate of drug-likeness (QED) is 0.0720. The second-order valence-corrected chi connectivity index (χ2v) is 14.4. The van der Waals surface area contributed by atoms with E-state index in [-0.39, 0.29) is 45.9 Å². The highest BCUT2D eigenvalue weighted by molar-refractivity contribution is 6.42. The molecule has 1 aliphatic heterocycles. The molecule has 2 amide bonds. The minimum Gasteiger partial charge on any atom is -0.506 e. The van der Waals surface area contributed by atoms with E-state index in [2.05, 4.69) is 44.1 Å². The lowest BCUT2D eigenvalue weighted by molar-refractivity contribution is -0.118. The van der Waals surface area contributed by atoms with Gasteiger partial charge in [-0.15, -0.1) is 0 Å². The highest BCUT2D eigenvalue weighted by Crippen LogP contribution is 2.39. The van der Waals surface area contributed by atoms with Crippen molar-refractivity contribution in [2.75, 3.05) is 5.32 Å². The number of aliphatic imine (C=N–C) groups is 3. The third-order valence-corrected chi connectivity index (χ3v) is 9.79. The van der Waals surface area contributed by atoms with Crippen LogP contribution in [0, 0.1) is 6.92 Å². The maximum atomic E-state index is 13.2. The van der Waals surface area contributed by atoms with Gasteiger partial charge < -0.3 is 10.4 Å². The Morgan fingerprint density at radius 2 is 1.21 bits per heavy atom. The average Bonchev–Trinajstić information content (AvgIpc) is 3.11. The molecule has 1 aliphatic carbocycles. The number of aliphatic hydroxyl groups is 1. The number of ketones is 1. The van der Waals surface area contributed by atoms with Crippen LogP contribution in [0.15, 0.2) is 38.2 Å². The molecule has 2 aliphatic rings. The Labute approximate surface area is 312 Å². The second kappa shape index (κ2) is 24.4. The number of aliphatic hydroxyl groups excluding tert-OH is 1. The van der Waals surface area contributed by atoms with Gasteiger partial charge in [-0.25, -0.2) is 9.98 Å². The number of nitrogens with zero attached hydrogens (tertiary/aromatic N) is 5. The maximum absolute atomic E-state index is 13.2. The summed E-state index contributed by atoms with van der Waals surface area (Å²) < 4.78 is 0. The van der Waals surface area contributed by atoms with Crippen molar-refractivity contribution in [1.82, 2.24) is 9.97 Å². The van der Waals surface area contributed by atoms with E-state index in [0.29, 0.717) is 30.1 Å². The van der Waals surface area contributed by atoms with Crippen LogP contribution in [0.3, 0.4) is 0 Å². The summed E-state index contributed by atoms with van der Waals surface area (Å²) in [6.07, 6.45) is 30.3. The van der Waals surface area contributed by atoms with Crippen molar-refractivity contribution in [1.29, 1.82) is 0 Å². The maximum Gasteiger partial charge on any atom is 0.247 e. The summed E-state index contributed by atoms with van der Waals surface area (Å²) in [5.74, 6) is -0.506. The Kier molecular flexibility index (Phi) is 20.0. The SMILES string of the molecule is CCCCCCCCCCCCCC(=O)N=C1C=NC(=C2C(=O)C(c3ncc(NC(=O)CCCCCCCCCCCCC)nc3C)=C2O)C(C)=N1. The van der Waals surface area contributed by atoms with Gasteiger partial charge in [0.25, 0.3) is 0 Å². The third-order valence-electron chi connectivity index (χ3n) is 9.79. The Morgan fingerprint density at radius 3 is 1.69 bits per heavy atom. The number of aryl methyl sites for hydroxylation is 1. The number of unbranched alkanes of at least 4 members (excludes halogenated alkanes) is 20. The fourth-order valence-electron chi connectivity index (χ4n) is 6.68. The molecule has 286 valence electrons. The van der Waals surface area contributed by atoms with Crippen molar-refractivity contribution in [2.45, 2.75) is 182 Å². The average molecular weight is 717 g/mol. The van der Waals surface area contributed by atoms with Crippen LogP contribution < -0.4 is 5.32 Å². The van der Waals surface area contributed by atoms with E-state index in [4.69, 9.17) is 0 Å². The highest BCUT2D eigenvalue weighted by Gasteiger charge is 2.40. The van der Waals surface area contributed by atoms with E-state index >= 15 is 0 Å². The molecule has 0 bridgehead atoms. The van der Waals surface area contributed by atoms with Crippen LogP contribution in [-0.4, -0.2) is 50.4 Å². The van der Waals surface area contributed by atoms with Gasteiger partial charge in [0.15, 0.2) is 11.7 Å². The fourth-order valence-corrected chi connectivity index (χ4v) is 6.68. The molecule has 10 nitrogen and oxygen atoms in total. The molecule has 3 rings (SSSR count). The van der Waals surface area contributed by atoms with Gasteiger partial charge in [-0.2, -0.15) is 4.99 Å². The standard InChI is InChI=1S/C42H64N6O4/c1-5-7-9-11-13-15-17-19-21-23-25-27-35(49)47-33-29-43-39(31(3)45-33)37-41(51)38(42(37)52)40-32(4)46-34(30-44-40)48-36(50)28-26-24-22-20-18-16-14-12-10-8-6-2/h29-30,51H,5-28H2,1-4H3,(H,45,47,49). The number of carbonyl (C=O) groups excluding carboxylic acids is 3. The molecule has 52 heavy (non-hydrogen) atoms. The molecule has 0 fully saturated rings. The summed E-state index contributed by atoms with van der Waals surface area (Å²) in [7, 11) is 0. The van der Waals surface area contributed by atoms with Crippen molar-refractivity contribution < 1.29 is 19.5 Å². The first kappa shape index (κ1) is 42.6. The molecule has 1 aromatic rings. The zero-order valence-corrected chi connectivity index (χ0v) is 32.5. The normalized spacial score (nSPS) is 16.4. The van der Waals surface area contributed by atoms with Gasteiger partial charge in [0.1, 0.15) is 5.76 Å². The summed E-state index contributed by atoms with van der Waals surface area (Å²) in [4.78, 5) is 59.8. The van der Waals surface area contributed by atoms with Crippen LogP contribution in [0.5, 0.6) is 0 Å². The van der Waals surface area contributed by atoms with Gasteiger partial charge in [0.2, 0.25) is 17.6 Å². The number of hydrogen-bond acceptors (Lipinski definition) is 7. The molecule has 10 heteroatoms. The minimum absolute atomic E-state index is 0.0457. The summed E-state index contributed by atoms with van der Waals surface area (Å²) in [5.41, 5.74) is 1.38. The third kappa shape index (κ3) is 14.7. The number of aromatic nitrogens is 2. The number of anilines is 1. The molecule has 0 radical (unpaired) electrons. The first-order chi connectivity index (χ1) is 25.3. The predicted molar refractivity (Wildman–Crippen MR) is 213 cm³/mol. The number of Topliss-reactive ketones (excluding diaryl/α,β-unsaturated/α-hetero) is 1. The first-order valence-electron chi connectivity index (χ1n) is 20.3. The molecule has 0 spiro atoms. The molecule has 1 aromatic heterocycles. The molecule has 0 atom stereocenters. The van der Waals surface area contributed by atoms with Crippen LogP contribution in [-0.2, 0) is 14.4 Å². The predicted octanol–water partition coefficient (Wildman–Crippen LogP) is 10.7. The van der Waals surface area contributed by atoms with Gasteiger partial charge in [0.05, 0.1) is 46.4 Å². The molecule has 0 saturated carbocycles. The van der Waals surface area contributed by atoms with Crippen molar-refractivity contribution >= 4 is 46.8 Å². The zero-order valence-electron chi connectivity index (χ0n) is 32.5. The molecule has 0 aromatic carbocycles. The Bertz CT molecular complexity index is 1490. The van der Waals surface area contributed by atoms with Gasteiger partial charge in [-0.05, 0) is 26.7 Å². The van der Waals surface area contributed by atoms with E-state index in [1.807, 2.05) is 0 Å². The van der Waals surface area contributed by atoms with Crippen LogP contribution in [0.25, 0.3) is 5.57 Å². The van der Waals surface area contributed by atoms with Gasteiger partial charge in [-0.1, -0.05) is 142 Å². The number of hydrogen-bond donors (Lipinski definition) is 2. The number of carbonyl (C=O) groups is 3. The summed E-state index contributed by atoms with van der Waals surface area (Å²) in [6, 6.07) is 0. The van der Waals surface area contributed by atoms with E-state index < -0.39 is 5.78 Å². The lowest BCUT2D eigenvalue weighted by Gasteiger charge is -2.24. The Hall–Kier alpha value is -3.82. The summed E-state index contributed by atoms with van der Waals surface area (Å²) in [5, 5.41) is 13.7. The molecular formula is C42H64N6O4. The second-order valence-electron chi connectivity index (χ2n) is 14.4. The van der Waals surface area contributed by atoms with Crippen molar-refractivity contribution in [2.24, 2.45) is 15.0 Å². The summed E-state index contributed by atoms with van der Waals surface area (Å²) >= 11 is 0. The largest absolute Gasteiger partial charge is 0.506 e. The van der Waals surface area contributed by atoms with Gasteiger partial charge in [0, 0.05) is 12.8 Å². The molecular weight excluding hydrogens is 652 g/mol. The van der Waals surface area contributed by atoms with Gasteiger partial charge >= 0.3 is 0 Å². The van der Waals surface area contributed by atoms with Crippen LogP contribution in [0.2, 0.25) is 0 Å². The van der Waals surface area contributed by atoms with E-state index in [0.717, 1.165) is 38.5 Å². The first-order valence-corrected chi connectivity index (χ1v) is 20.3. The molecule has 0 saturated heterocycles. The lowest BCUT2D eigenvalue weighted by atomic mass is 9.83. The number of nitrogens with one attached hydrogen (secondary N) is 1. The number of allylic oxidation sites excluding steroid dienone is 3. The molecule has 2 N–H and O–H groups in total.